The first-order chi connectivity index (χ1) is 17.9. The van der Waals surface area contributed by atoms with E-state index in [2.05, 4.69) is 20.8 Å². The van der Waals surface area contributed by atoms with E-state index in [0.29, 0.717) is 33.3 Å². The van der Waals surface area contributed by atoms with E-state index in [-0.39, 0.29) is 22.9 Å². The topological polar surface area (TPSA) is 76.1 Å². The van der Waals surface area contributed by atoms with Crippen molar-refractivity contribution in [3.05, 3.63) is 94.0 Å². The SMILES string of the molecule is COc1cc(/C(O)=C2/C(=O)C(=O)N(c3ccc(C(C)(C)C)cc3)C2c2ccc(OC(C)C)cc2)ccc1Cl. The van der Waals surface area contributed by atoms with E-state index in [9.17, 15) is 14.7 Å². The molecule has 0 bridgehead atoms. The summed E-state index contributed by atoms with van der Waals surface area (Å²) in [5.74, 6) is -0.793. The smallest absolute Gasteiger partial charge is 0.300 e. The number of anilines is 1. The van der Waals surface area contributed by atoms with Gasteiger partial charge in [0.25, 0.3) is 11.7 Å². The average Bonchev–Trinajstić information content (AvgIpc) is 3.13. The van der Waals surface area contributed by atoms with Gasteiger partial charge in [-0.15, -0.1) is 0 Å². The third-order valence-electron chi connectivity index (χ3n) is 6.45. The lowest BCUT2D eigenvalue weighted by molar-refractivity contribution is -0.132. The molecule has 1 N–H and O–H groups in total. The second kappa shape index (κ2) is 10.5. The van der Waals surface area contributed by atoms with Crippen molar-refractivity contribution in [1.29, 1.82) is 0 Å². The lowest BCUT2D eigenvalue weighted by Gasteiger charge is -2.27. The van der Waals surface area contributed by atoms with Crippen LogP contribution in [0, 0.1) is 0 Å². The predicted molar refractivity (Wildman–Crippen MR) is 150 cm³/mol. The van der Waals surface area contributed by atoms with Crippen LogP contribution in [0.1, 0.15) is 57.4 Å². The van der Waals surface area contributed by atoms with E-state index >= 15 is 0 Å². The molecular weight excluding hydrogens is 502 g/mol. The standard InChI is InChI=1S/C31H32ClNO5/c1-18(2)38-23-14-7-19(8-15-23)27-26(28(34)20-9-16-24(32)25(17-20)37-6)29(35)30(36)33(27)22-12-10-21(11-13-22)31(3,4)5/h7-18,27,34H,1-6H3/b28-26-. The van der Waals surface area contributed by atoms with Crippen LogP contribution in [0.15, 0.2) is 72.3 Å². The van der Waals surface area contributed by atoms with E-state index in [0.717, 1.165) is 5.56 Å². The lowest BCUT2D eigenvalue weighted by atomic mass is 9.87. The van der Waals surface area contributed by atoms with Crippen molar-refractivity contribution in [2.24, 2.45) is 0 Å². The molecule has 7 heteroatoms. The Morgan fingerprint density at radius 2 is 1.61 bits per heavy atom. The summed E-state index contributed by atoms with van der Waals surface area (Å²) in [6.45, 7) is 10.2. The lowest BCUT2D eigenvalue weighted by Crippen LogP contribution is -2.29. The molecule has 0 aromatic heterocycles. The Labute approximate surface area is 228 Å². The summed E-state index contributed by atoms with van der Waals surface area (Å²) >= 11 is 6.17. The number of benzene rings is 3. The van der Waals surface area contributed by atoms with E-state index < -0.39 is 17.7 Å². The molecule has 0 radical (unpaired) electrons. The van der Waals surface area contributed by atoms with Gasteiger partial charge in [0.15, 0.2) is 0 Å². The van der Waals surface area contributed by atoms with Crippen LogP contribution < -0.4 is 14.4 Å². The van der Waals surface area contributed by atoms with Gasteiger partial charge in [-0.25, -0.2) is 0 Å². The zero-order valence-corrected chi connectivity index (χ0v) is 23.2. The van der Waals surface area contributed by atoms with Crippen molar-refractivity contribution in [2.45, 2.75) is 52.2 Å². The minimum absolute atomic E-state index is 0.00676. The number of amides is 1. The quantitative estimate of drug-likeness (QED) is 0.208. The van der Waals surface area contributed by atoms with Crippen LogP contribution in [0.25, 0.3) is 5.76 Å². The van der Waals surface area contributed by atoms with Gasteiger partial charge in [-0.1, -0.05) is 56.6 Å². The van der Waals surface area contributed by atoms with E-state index in [1.807, 2.05) is 38.1 Å². The highest BCUT2D eigenvalue weighted by Crippen LogP contribution is 2.43. The van der Waals surface area contributed by atoms with Gasteiger partial charge in [0.1, 0.15) is 17.3 Å². The molecule has 1 unspecified atom stereocenters. The number of carbonyl (C=O) groups is 2. The molecule has 38 heavy (non-hydrogen) atoms. The van der Waals surface area contributed by atoms with Gasteiger partial charge in [-0.05, 0) is 72.9 Å². The van der Waals surface area contributed by atoms with E-state index in [4.69, 9.17) is 21.1 Å². The molecule has 3 aromatic rings. The average molecular weight is 534 g/mol. The number of rotatable bonds is 6. The van der Waals surface area contributed by atoms with Gasteiger partial charge in [-0.2, -0.15) is 0 Å². The van der Waals surface area contributed by atoms with Crippen LogP contribution >= 0.6 is 11.6 Å². The number of ether oxygens (including phenoxy) is 2. The molecule has 1 atom stereocenters. The van der Waals surface area contributed by atoms with Gasteiger partial charge >= 0.3 is 0 Å². The van der Waals surface area contributed by atoms with E-state index in [1.54, 1.807) is 42.5 Å². The summed E-state index contributed by atoms with van der Waals surface area (Å²) in [4.78, 5) is 28.4. The maximum atomic E-state index is 13.5. The fourth-order valence-electron chi connectivity index (χ4n) is 4.50. The van der Waals surface area contributed by atoms with Crippen molar-refractivity contribution in [3.8, 4) is 11.5 Å². The molecule has 1 saturated heterocycles. The normalized spacial score (nSPS) is 17.3. The van der Waals surface area contributed by atoms with Crippen molar-refractivity contribution in [2.75, 3.05) is 12.0 Å². The number of hydrogen-bond donors (Lipinski definition) is 1. The summed E-state index contributed by atoms with van der Waals surface area (Å²) in [6.07, 6.45) is -0.00676. The summed E-state index contributed by atoms with van der Waals surface area (Å²) in [5, 5.41) is 11.8. The molecule has 1 fully saturated rings. The monoisotopic (exact) mass is 533 g/mol. The zero-order valence-electron chi connectivity index (χ0n) is 22.4. The molecule has 0 aliphatic carbocycles. The summed E-state index contributed by atoms with van der Waals surface area (Å²) in [7, 11) is 1.46. The molecular formula is C31H32ClNO5. The fraction of sp³-hybridized carbons (Fsp3) is 0.290. The number of aliphatic hydroxyl groups is 1. The second-order valence-electron chi connectivity index (χ2n) is 10.6. The summed E-state index contributed by atoms with van der Waals surface area (Å²) < 4.78 is 11.1. The highest BCUT2D eigenvalue weighted by Gasteiger charge is 2.47. The Morgan fingerprint density at radius 3 is 2.16 bits per heavy atom. The van der Waals surface area contributed by atoms with Gasteiger partial charge in [-0.3, -0.25) is 14.5 Å². The van der Waals surface area contributed by atoms with Crippen LogP contribution in [0.3, 0.4) is 0 Å². The number of ketones is 1. The highest BCUT2D eigenvalue weighted by atomic mass is 35.5. The number of Topliss-reactive ketones (excluding diaryl/α,β-unsaturated/α-hetero) is 1. The van der Waals surface area contributed by atoms with Gasteiger partial charge < -0.3 is 14.6 Å². The highest BCUT2D eigenvalue weighted by molar-refractivity contribution is 6.51. The fourth-order valence-corrected chi connectivity index (χ4v) is 4.69. The third-order valence-corrected chi connectivity index (χ3v) is 6.76. The molecule has 0 saturated carbocycles. The minimum atomic E-state index is -0.856. The molecule has 3 aromatic carbocycles. The molecule has 4 rings (SSSR count). The number of hydrogen-bond acceptors (Lipinski definition) is 5. The molecule has 0 spiro atoms. The van der Waals surface area contributed by atoms with Gasteiger partial charge in [0.2, 0.25) is 0 Å². The number of aliphatic hydroxyl groups excluding tert-OH is 1. The first-order valence-corrected chi connectivity index (χ1v) is 12.8. The maximum Gasteiger partial charge on any atom is 0.300 e. The largest absolute Gasteiger partial charge is 0.507 e. The number of carbonyl (C=O) groups excluding carboxylic acids is 2. The molecule has 1 aliphatic rings. The Balaban J connectivity index is 1.89. The van der Waals surface area contributed by atoms with E-state index in [1.165, 1.54) is 12.0 Å². The third kappa shape index (κ3) is 5.27. The summed E-state index contributed by atoms with van der Waals surface area (Å²) in [6, 6.07) is 18.6. The van der Waals surface area contributed by atoms with Crippen molar-refractivity contribution in [1.82, 2.24) is 0 Å². The Morgan fingerprint density at radius 1 is 0.974 bits per heavy atom. The Hall–Kier alpha value is -3.77. The number of halogens is 1. The van der Waals surface area contributed by atoms with Gasteiger partial charge in [0.05, 0.1) is 29.9 Å². The minimum Gasteiger partial charge on any atom is -0.507 e. The molecule has 1 amide bonds. The van der Waals surface area contributed by atoms with Crippen LogP contribution in [0.4, 0.5) is 5.69 Å². The number of methoxy groups -OCH3 is 1. The molecule has 198 valence electrons. The van der Waals surface area contributed by atoms with Crippen LogP contribution in [-0.2, 0) is 15.0 Å². The van der Waals surface area contributed by atoms with Crippen LogP contribution in [0.5, 0.6) is 11.5 Å². The Bertz CT molecular complexity index is 1390. The predicted octanol–water partition coefficient (Wildman–Crippen LogP) is 7.06. The Kier molecular flexibility index (Phi) is 7.56. The maximum absolute atomic E-state index is 13.5. The molecule has 1 aliphatic heterocycles. The first kappa shape index (κ1) is 27.3. The van der Waals surface area contributed by atoms with Crippen molar-refractivity contribution < 1.29 is 24.2 Å². The first-order valence-electron chi connectivity index (χ1n) is 12.4. The molecule has 6 nitrogen and oxygen atoms in total. The van der Waals surface area contributed by atoms with Crippen LogP contribution in [0.2, 0.25) is 5.02 Å². The molecule has 1 heterocycles. The zero-order chi connectivity index (χ0) is 27.8. The van der Waals surface area contributed by atoms with Crippen molar-refractivity contribution >= 4 is 34.7 Å². The van der Waals surface area contributed by atoms with Crippen molar-refractivity contribution in [3.63, 3.8) is 0 Å². The summed E-state index contributed by atoms with van der Waals surface area (Å²) in [5.41, 5.74) is 2.53. The number of nitrogens with zero attached hydrogens (tertiary/aromatic N) is 1. The van der Waals surface area contributed by atoms with Crippen LogP contribution in [-0.4, -0.2) is 30.0 Å². The second-order valence-corrected chi connectivity index (χ2v) is 11.0. The van der Waals surface area contributed by atoms with Gasteiger partial charge in [0, 0.05) is 11.3 Å².